The Morgan fingerprint density at radius 1 is 1.00 bits per heavy atom. The van der Waals surface area contributed by atoms with E-state index < -0.39 is 0 Å². The first-order valence-electron chi connectivity index (χ1n) is 8.11. The van der Waals surface area contributed by atoms with Gasteiger partial charge in [0.1, 0.15) is 0 Å². The van der Waals surface area contributed by atoms with Gasteiger partial charge in [-0.05, 0) is 40.1 Å². The van der Waals surface area contributed by atoms with Crippen molar-refractivity contribution in [2.75, 3.05) is 19.5 Å². The van der Waals surface area contributed by atoms with Crippen LogP contribution in [0.15, 0.2) is 48.5 Å². The molecule has 1 aliphatic heterocycles. The quantitative estimate of drug-likeness (QED) is 0.789. The molecular formula is C18H19N5O2. The average molecular weight is 337 g/mol. The lowest BCUT2D eigenvalue weighted by molar-refractivity contribution is 0.353. The smallest absolute Gasteiger partial charge is 0.243 e. The highest BCUT2D eigenvalue weighted by Gasteiger charge is 2.30. The van der Waals surface area contributed by atoms with Gasteiger partial charge in [0, 0.05) is 0 Å². The summed E-state index contributed by atoms with van der Waals surface area (Å²) in [5.74, 6) is 2.09. The SMILES string of the molecule is COc1ccc([C@H]2C[C@H](c3ccccc3)n3nnnc3N2)cc1OC. The van der Waals surface area contributed by atoms with E-state index in [2.05, 4.69) is 33.0 Å². The van der Waals surface area contributed by atoms with Crippen LogP contribution in [0.5, 0.6) is 11.5 Å². The van der Waals surface area contributed by atoms with Crippen LogP contribution >= 0.6 is 0 Å². The Labute approximate surface area is 145 Å². The van der Waals surface area contributed by atoms with Gasteiger partial charge >= 0.3 is 0 Å². The standard InChI is InChI=1S/C18H19N5O2/c1-24-16-9-8-13(10-17(16)25-2)14-11-15(12-6-4-3-5-7-12)23-18(19-14)20-21-22-23/h3-10,14-15H,11H2,1-2H3,(H,19,20,22)/t14-,15-/m1/s1. The molecule has 2 atom stereocenters. The first kappa shape index (κ1) is 15.4. The summed E-state index contributed by atoms with van der Waals surface area (Å²) in [6.07, 6.45) is 0.831. The van der Waals surface area contributed by atoms with Gasteiger partial charge in [-0.3, -0.25) is 0 Å². The molecule has 2 aromatic carbocycles. The summed E-state index contributed by atoms with van der Waals surface area (Å²) < 4.78 is 12.6. The van der Waals surface area contributed by atoms with E-state index in [0.717, 1.165) is 12.0 Å². The fourth-order valence-corrected chi connectivity index (χ4v) is 3.28. The van der Waals surface area contributed by atoms with Gasteiger partial charge in [-0.25, -0.2) is 4.68 Å². The van der Waals surface area contributed by atoms with Crippen LogP contribution in [0, 0.1) is 0 Å². The number of fused-ring (bicyclic) bond motifs is 1. The Morgan fingerprint density at radius 3 is 2.56 bits per heavy atom. The molecule has 128 valence electrons. The van der Waals surface area contributed by atoms with Crippen molar-refractivity contribution < 1.29 is 9.47 Å². The van der Waals surface area contributed by atoms with Gasteiger partial charge in [-0.1, -0.05) is 41.5 Å². The lowest BCUT2D eigenvalue weighted by Crippen LogP contribution is -2.28. The maximum atomic E-state index is 5.44. The molecule has 1 aromatic heterocycles. The van der Waals surface area contributed by atoms with Crippen molar-refractivity contribution in [2.24, 2.45) is 0 Å². The van der Waals surface area contributed by atoms with Crippen LogP contribution < -0.4 is 14.8 Å². The molecule has 0 saturated carbocycles. The van der Waals surface area contributed by atoms with Gasteiger partial charge in [0.2, 0.25) is 5.95 Å². The predicted octanol–water partition coefficient (Wildman–Crippen LogP) is 2.84. The number of nitrogens with one attached hydrogen (secondary N) is 1. The fourth-order valence-electron chi connectivity index (χ4n) is 3.28. The molecule has 7 nitrogen and oxygen atoms in total. The van der Waals surface area contributed by atoms with Gasteiger partial charge in [-0.15, -0.1) is 0 Å². The Kier molecular flexibility index (Phi) is 3.97. The van der Waals surface area contributed by atoms with Crippen LogP contribution in [0.4, 0.5) is 5.95 Å². The van der Waals surface area contributed by atoms with Crippen LogP contribution in [-0.2, 0) is 0 Å². The Hall–Kier alpha value is -3.09. The highest BCUT2D eigenvalue weighted by atomic mass is 16.5. The third-order valence-corrected chi connectivity index (χ3v) is 4.54. The Balaban J connectivity index is 1.71. The largest absolute Gasteiger partial charge is 0.493 e. The molecule has 4 rings (SSSR count). The fraction of sp³-hybridized carbons (Fsp3) is 0.278. The summed E-state index contributed by atoms with van der Waals surface area (Å²) in [6, 6.07) is 16.4. The maximum Gasteiger partial charge on any atom is 0.243 e. The summed E-state index contributed by atoms with van der Waals surface area (Å²) in [5.41, 5.74) is 2.29. The Bertz CT molecular complexity index is 865. The number of hydrogen-bond donors (Lipinski definition) is 1. The van der Waals surface area contributed by atoms with E-state index in [1.54, 1.807) is 14.2 Å². The molecule has 0 spiro atoms. The number of methoxy groups -OCH3 is 2. The van der Waals surface area contributed by atoms with Gasteiger partial charge in [-0.2, -0.15) is 0 Å². The molecule has 25 heavy (non-hydrogen) atoms. The molecule has 1 aliphatic rings. The number of anilines is 1. The van der Waals surface area contributed by atoms with Crippen molar-refractivity contribution in [1.82, 2.24) is 20.2 Å². The minimum Gasteiger partial charge on any atom is -0.493 e. The topological polar surface area (TPSA) is 74.1 Å². The molecule has 1 N–H and O–H groups in total. The normalized spacial score (nSPS) is 19.0. The van der Waals surface area contributed by atoms with E-state index in [1.165, 1.54) is 5.56 Å². The zero-order valence-electron chi connectivity index (χ0n) is 14.1. The number of tetrazole rings is 1. The summed E-state index contributed by atoms with van der Waals surface area (Å²) in [7, 11) is 3.28. The molecule has 0 unspecified atom stereocenters. The van der Waals surface area contributed by atoms with E-state index in [1.807, 2.05) is 41.1 Å². The zero-order valence-corrected chi connectivity index (χ0v) is 14.1. The predicted molar refractivity (Wildman–Crippen MR) is 92.9 cm³/mol. The van der Waals surface area contributed by atoms with Crippen molar-refractivity contribution in [1.29, 1.82) is 0 Å². The van der Waals surface area contributed by atoms with E-state index in [-0.39, 0.29) is 12.1 Å². The molecular weight excluding hydrogens is 318 g/mol. The van der Waals surface area contributed by atoms with Crippen molar-refractivity contribution in [3.63, 3.8) is 0 Å². The highest BCUT2D eigenvalue weighted by molar-refractivity contribution is 5.46. The molecule has 0 amide bonds. The van der Waals surface area contributed by atoms with Gasteiger partial charge in [0.05, 0.1) is 26.3 Å². The lowest BCUT2D eigenvalue weighted by atomic mass is 9.93. The van der Waals surface area contributed by atoms with E-state index in [4.69, 9.17) is 9.47 Å². The third-order valence-electron chi connectivity index (χ3n) is 4.54. The molecule has 7 heteroatoms. The number of benzene rings is 2. The number of aromatic nitrogens is 4. The molecule has 0 aliphatic carbocycles. The highest BCUT2D eigenvalue weighted by Crippen LogP contribution is 2.39. The second-order valence-electron chi connectivity index (χ2n) is 5.92. The van der Waals surface area contributed by atoms with Crippen LogP contribution in [-0.4, -0.2) is 34.4 Å². The first-order chi connectivity index (χ1) is 12.3. The second-order valence-corrected chi connectivity index (χ2v) is 5.92. The van der Waals surface area contributed by atoms with Crippen molar-refractivity contribution >= 4 is 5.95 Å². The zero-order chi connectivity index (χ0) is 17.2. The average Bonchev–Trinajstić information content (AvgIpc) is 3.16. The van der Waals surface area contributed by atoms with Gasteiger partial charge in [0.15, 0.2) is 11.5 Å². The van der Waals surface area contributed by atoms with Crippen LogP contribution in [0.1, 0.15) is 29.6 Å². The summed E-state index contributed by atoms with van der Waals surface area (Å²) in [6.45, 7) is 0. The van der Waals surface area contributed by atoms with E-state index >= 15 is 0 Å². The maximum absolute atomic E-state index is 5.44. The minimum absolute atomic E-state index is 0.0727. The summed E-state index contributed by atoms with van der Waals surface area (Å²) in [5, 5.41) is 15.5. The first-order valence-corrected chi connectivity index (χ1v) is 8.11. The summed E-state index contributed by atoms with van der Waals surface area (Å²) in [4.78, 5) is 0. The molecule has 0 radical (unpaired) electrons. The third kappa shape index (κ3) is 2.77. The number of rotatable bonds is 4. The number of hydrogen-bond acceptors (Lipinski definition) is 6. The number of ether oxygens (including phenoxy) is 2. The second kappa shape index (κ2) is 6.43. The van der Waals surface area contributed by atoms with Crippen molar-refractivity contribution in [2.45, 2.75) is 18.5 Å². The molecule has 3 aromatic rings. The number of nitrogens with zero attached hydrogens (tertiary/aromatic N) is 4. The monoisotopic (exact) mass is 337 g/mol. The molecule has 0 fully saturated rings. The molecule has 0 saturated heterocycles. The van der Waals surface area contributed by atoms with Crippen molar-refractivity contribution in [3.05, 3.63) is 59.7 Å². The van der Waals surface area contributed by atoms with Crippen LogP contribution in [0.3, 0.4) is 0 Å². The molecule has 2 heterocycles. The molecule has 0 bridgehead atoms. The van der Waals surface area contributed by atoms with E-state index in [9.17, 15) is 0 Å². The van der Waals surface area contributed by atoms with Gasteiger partial charge in [0.25, 0.3) is 0 Å². The van der Waals surface area contributed by atoms with Crippen LogP contribution in [0.2, 0.25) is 0 Å². The van der Waals surface area contributed by atoms with Crippen molar-refractivity contribution in [3.8, 4) is 11.5 Å². The van der Waals surface area contributed by atoms with Gasteiger partial charge < -0.3 is 14.8 Å². The minimum atomic E-state index is 0.0727. The summed E-state index contributed by atoms with van der Waals surface area (Å²) >= 11 is 0. The van der Waals surface area contributed by atoms with Crippen LogP contribution in [0.25, 0.3) is 0 Å². The lowest BCUT2D eigenvalue weighted by Gasteiger charge is -2.31. The van der Waals surface area contributed by atoms with E-state index in [0.29, 0.717) is 17.4 Å². The Morgan fingerprint density at radius 2 is 1.80 bits per heavy atom.